The molecule has 1 rings (SSSR count). The predicted molar refractivity (Wildman–Crippen MR) is 69.3 cm³/mol. The molecule has 0 aromatic carbocycles. The molecule has 0 bridgehead atoms. The third kappa shape index (κ3) is 3.80. The van der Waals surface area contributed by atoms with Gasteiger partial charge in [0.2, 0.25) is 0 Å². The van der Waals surface area contributed by atoms with Gasteiger partial charge in [0.15, 0.2) is 0 Å². The van der Waals surface area contributed by atoms with Crippen molar-refractivity contribution in [2.75, 3.05) is 0 Å². The Morgan fingerprint density at radius 3 is 2.62 bits per heavy atom. The topological polar surface area (TPSA) is 17.1 Å². The van der Waals surface area contributed by atoms with Gasteiger partial charge in [-0.25, -0.2) is 0 Å². The van der Waals surface area contributed by atoms with Crippen LogP contribution in [-0.2, 0) is 4.79 Å². The highest BCUT2D eigenvalue weighted by molar-refractivity contribution is 5.85. The normalized spacial score (nSPS) is 29.9. The minimum Gasteiger partial charge on any atom is -0.299 e. The van der Waals surface area contributed by atoms with Crippen LogP contribution in [0.2, 0.25) is 0 Å². The van der Waals surface area contributed by atoms with Crippen molar-refractivity contribution in [2.45, 2.75) is 46.5 Å². The van der Waals surface area contributed by atoms with Crippen LogP contribution >= 0.6 is 0 Å². The van der Waals surface area contributed by atoms with Crippen molar-refractivity contribution in [1.29, 1.82) is 0 Å². The Balaban J connectivity index is 2.89. The number of Topliss-reactive ketones (excluding diaryl/α,β-unsaturated/α-hetero) is 1. The first-order chi connectivity index (χ1) is 7.50. The molecule has 0 saturated carbocycles. The molecular weight excluding hydrogens is 196 g/mol. The standard InChI is InChI=1S/C15H22O/c1-11(2)14-9-8-12(3)6-5-7-13(4)10-15(14)16/h7-8,14H,1,5-6,9-10H2,2-4H3/b12-8+,13-7+/t14-/m0/s1. The molecule has 0 N–H and O–H groups in total. The van der Waals surface area contributed by atoms with E-state index in [9.17, 15) is 4.79 Å². The van der Waals surface area contributed by atoms with Crippen molar-refractivity contribution in [3.05, 3.63) is 35.5 Å². The first-order valence-corrected chi connectivity index (χ1v) is 6.00. The van der Waals surface area contributed by atoms with Crippen LogP contribution in [0.15, 0.2) is 35.5 Å². The number of ketones is 1. The SMILES string of the molecule is C=C(C)[C@@H]1C/C=C(\C)CC/C=C(\C)CC1=O. The number of hydrogen-bond acceptors (Lipinski definition) is 1. The van der Waals surface area contributed by atoms with E-state index >= 15 is 0 Å². The van der Waals surface area contributed by atoms with Crippen molar-refractivity contribution in [1.82, 2.24) is 0 Å². The zero-order valence-corrected chi connectivity index (χ0v) is 10.7. The second-order valence-corrected chi connectivity index (χ2v) is 4.92. The largest absolute Gasteiger partial charge is 0.299 e. The van der Waals surface area contributed by atoms with Crippen LogP contribution in [0.5, 0.6) is 0 Å². The molecule has 0 aromatic rings. The van der Waals surface area contributed by atoms with E-state index in [2.05, 4.69) is 25.7 Å². The Kier molecular flexibility index (Phi) is 4.72. The Labute approximate surface area is 98.9 Å². The van der Waals surface area contributed by atoms with Crippen LogP contribution in [0.25, 0.3) is 0 Å². The molecule has 1 atom stereocenters. The fourth-order valence-corrected chi connectivity index (χ4v) is 2.04. The lowest BCUT2D eigenvalue weighted by atomic mass is 9.88. The molecular formula is C15H22O. The molecule has 0 radical (unpaired) electrons. The van der Waals surface area contributed by atoms with Gasteiger partial charge < -0.3 is 0 Å². The van der Waals surface area contributed by atoms with Crippen LogP contribution in [0.1, 0.15) is 46.5 Å². The second kappa shape index (κ2) is 5.83. The van der Waals surface area contributed by atoms with Crippen LogP contribution in [-0.4, -0.2) is 5.78 Å². The quantitative estimate of drug-likeness (QED) is 0.602. The summed E-state index contributed by atoms with van der Waals surface area (Å²) in [6.45, 7) is 10.1. The van der Waals surface area contributed by atoms with Crippen LogP contribution < -0.4 is 0 Å². The highest BCUT2D eigenvalue weighted by Gasteiger charge is 2.18. The summed E-state index contributed by atoms with van der Waals surface area (Å²) in [6, 6.07) is 0. The van der Waals surface area contributed by atoms with Crippen LogP contribution in [0.4, 0.5) is 0 Å². The fraction of sp³-hybridized carbons (Fsp3) is 0.533. The first-order valence-electron chi connectivity index (χ1n) is 6.00. The van der Waals surface area contributed by atoms with Crippen molar-refractivity contribution in [3.8, 4) is 0 Å². The van der Waals surface area contributed by atoms with Gasteiger partial charge in [-0.05, 0) is 40.0 Å². The van der Waals surface area contributed by atoms with Gasteiger partial charge in [0.25, 0.3) is 0 Å². The molecule has 0 saturated heterocycles. The van der Waals surface area contributed by atoms with E-state index < -0.39 is 0 Å². The van der Waals surface area contributed by atoms with Crippen LogP contribution in [0, 0.1) is 5.92 Å². The predicted octanol–water partition coefficient (Wildman–Crippen LogP) is 4.21. The number of carbonyl (C=O) groups is 1. The molecule has 0 aliphatic heterocycles. The summed E-state index contributed by atoms with van der Waals surface area (Å²) in [5, 5.41) is 0. The number of allylic oxidation sites excluding steroid dienone is 5. The molecule has 1 aliphatic rings. The van der Waals surface area contributed by atoms with E-state index in [0.717, 1.165) is 24.8 Å². The van der Waals surface area contributed by atoms with E-state index in [1.807, 2.05) is 13.8 Å². The molecule has 16 heavy (non-hydrogen) atoms. The molecule has 0 unspecified atom stereocenters. The minimum absolute atomic E-state index is 0.0106. The van der Waals surface area contributed by atoms with Crippen molar-refractivity contribution < 1.29 is 4.79 Å². The van der Waals surface area contributed by atoms with Gasteiger partial charge in [-0.15, -0.1) is 0 Å². The Morgan fingerprint density at radius 2 is 2.00 bits per heavy atom. The van der Waals surface area contributed by atoms with Gasteiger partial charge in [0.1, 0.15) is 5.78 Å². The molecule has 1 aliphatic carbocycles. The zero-order chi connectivity index (χ0) is 12.1. The molecule has 88 valence electrons. The molecule has 1 nitrogen and oxygen atoms in total. The number of rotatable bonds is 1. The Bertz CT molecular complexity index is 344. The van der Waals surface area contributed by atoms with E-state index in [-0.39, 0.29) is 5.92 Å². The number of carbonyl (C=O) groups excluding carboxylic acids is 1. The maximum Gasteiger partial charge on any atom is 0.144 e. The van der Waals surface area contributed by atoms with Gasteiger partial charge in [-0.2, -0.15) is 0 Å². The third-order valence-corrected chi connectivity index (χ3v) is 3.17. The fourth-order valence-electron chi connectivity index (χ4n) is 2.04. The average Bonchev–Trinajstić information content (AvgIpc) is 2.16. The smallest absolute Gasteiger partial charge is 0.144 e. The lowest BCUT2D eigenvalue weighted by Gasteiger charge is -2.16. The lowest BCUT2D eigenvalue weighted by molar-refractivity contribution is -0.121. The summed E-state index contributed by atoms with van der Waals surface area (Å²) < 4.78 is 0. The van der Waals surface area contributed by atoms with Gasteiger partial charge >= 0.3 is 0 Å². The monoisotopic (exact) mass is 218 g/mol. The average molecular weight is 218 g/mol. The second-order valence-electron chi connectivity index (χ2n) is 4.92. The third-order valence-electron chi connectivity index (χ3n) is 3.17. The summed E-state index contributed by atoms with van der Waals surface area (Å²) in [7, 11) is 0. The summed E-state index contributed by atoms with van der Waals surface area (Å²) in [6.07, 6.45) is 7.97. The zero-order valence-electron chi connectivity index (χ0n) is 10.7. The molecule has 0 aromatic heterocycles. The minimum atomic E-state index is 0.0106. The molecule has 0 spiro atoms. The van der Waals surface area contributed by atoms with Gasteiger partial charge in [0.05, 0.1) is 0 Å². The molecule has 0 fully saturated rings. The van der Waals surface area contributed by atoms with Crippen molar-refractivity contribution in [2.24, 2.45) is 5.92 Å². The molecule has 0 heterocycles. The summed E-state index contributed by atoms with van der Waals surface area (Å²) in [5.74, 6) is 0.323. The molecule has 0 amide bonds. The van der Waals surface area contributed by atoms with Crippen molar-refractivity contribution in [3.63, 3.8) is 0 Å². The van der Waals surface area contributed by atoms with Gasteiger partial charge in [0, 0.05) is 12.3 Å². The first kappa shape index (κ1) is 13.0. The summed E-state index contributed by atoms with van der Waals surface area (Å²) >= 11 is 0. The number of hydrogen-bond donors (Lipinski definition) is 0. The van der Waals surface area contributed by atoms with Gasteiger partial charge in [-0.3, -0.25) is 4.79 Å². The highest BCUT2D eigenvalue weighted by atomic mass is 16.1. The van der Waals surface area contributed by atoms with Gasteiger partial charge in [-0.1, -0.05) is 35.5 Å². The van der Waals surface area contributed by atoms with E-state index in [4.69, 9.17) is 0 Å². The summed E-state index contributed by atoms with van der Waals surface area (Å²) in [4.78, 5) is 12.1. The molecule has 1 heteroatoms. The Morgan fingerprint density at radius 1 is 1.31 bits per heavy atom. The van der Waals surface area contributed by atoms with E-state index in [1.54, 1.807) is 0 Å². The Hall–Kier alpha value is -1.11. The highest BCUT2D eigenvalue weighted by Crippen LogP contribution is 2.22. The van der Waals surface area contributed by atoms with Crippen molar-refractivity contribution >= 4 is 5.78 Å². The van der Waals surface area contributed by atoms with E-state index in [0.29, 0.717) is 12.2 Å². The summed E-state index contributed by atoms with van der Waals surface area (Å²) in [5.41, 5.74) is 3.57. The lowest BCUT2D eigenvalue weighted by Crippen LogP contribution is -2.15. The maximum atomic E-state index is 12.1. The maximum absolute atomic E-state index is 12.1. The van der Waals surface area contributed by atoms with Crippen LogP contribution in [0.3, 0.4) is 0 Å². The van der Waals surface area contributed by atoms with E-state index in [1.165, 1.54) is 11.1 Å².